The number of carbonyl (C=O) groups is 2. The van der Waals surface area contributed by atoms with Crippen molar-refractivity contribution in [1.82, 2.24) is 4.57 Å². The zero-order chi connectivity index (χ0) is 17.6. The highest BCUT2D eigenvalue weighted by Gasteiger charge is 2.19. The third-order valence-corrected chi connectivity index (χ3v) is 4.97. The zero-order valence-electron chi connectivity index (χ0n) is 13.5. The fourth-order valence-corrected chi connectivity index (χ4v) is 3.54. The van der Waals surface area contributed by atoms with Crippen molar-refractivity contribution >= 4 is 49.3 Å². The Bertz CT molecular complexity index is 1140. The summed E-state index contributed by atoms with van der Waals surface area (Å²) in [5, 5.41) is 2.01. The molecule has 3 nitrogen and oxygen atoms in total. The molecular weight excluding hydrogens is 378 g/mol. The number of halogens is 1. The molecule has 0 bridgehead atoms. The van der Waals surface area contributed by atoms with E-state index < -0.39 is 11.6 Å². The maximum absolute atomic E-state index is 12.6. The van der Waals surface area contributed by atoms with Gasteiger partial charge in [0.05, 0.1) is 0 Å². The number of ketones is 2. The minimum absolute atomic E-state index is 0.410. The van der Waals surface area contributed by atoms with E-state index >= 15 is 0 Å². The molecule has 0 aliphatic carbocycles. The first-order chi connectivity index (χ1) is 12.1. The van der Waals surface area contributed by atoms with E-state index in [1.54, 1.807) is 30.3 Å². The lowest BCUT2D eigenvalue weighted by Crippen LogP contribution is -2.14. The van der Waals surface area contributed by atoms with Gasteiger partial charge in [0.15, 0.2) is 0 Å². The van der Waals surface area contributed by atoms with Crippen LogP contribution in [0.2, 0.25) is 0 Å². The van der Waals surface area contributed by atoms with Crippen molar-refractivity contribution in [2.24, 2.45) is 7.05 Å². The molecule has 0 saturated heterocycles. The topological polar surface area (TPSA) is 39.1 Å². The molecule has 0 aliphatic rings. The number of fused-ring (bicyclic) bond motifs is 3. The van der Waals surface area contributed by atoms with E-state index in [0.29, 0.717) is 11.1 Å². The van der Waals surface area contributed by atoms with E-state index in [1.807, 2.05) is 43.4 Å². The number of nitrogens with zero attached hydrogens (tertiary/aromatic N) is 1. The monoisotopic (exact) mass is 391 g/mol. The van der Waals surface area contributed by atoms with Gasteiger partial charge >= 0.3 is 0 Å². The number of hydrogen-bond acceptors (Lipinski definition) is 2. The molecule has 0 amide bonds. The summed E-state index contributed by atoms with van der Waals surface area (Å²) in [4.78, 5) is 25.1. The van der Waals surface area contributed by atoms with Crippen LogP contribution in [0.25, 0.3) is 21.8 Å². The SMILES string of the molecule is Cn1c2ccc(Br)cc2c2cc(C(=O)C(=O)c3ccccc3)ccc21. The van der Waals surface area contributed by atoms with Crippen molar-refractivity contribution in [1.29, 1.82) is 0 Å². The molecule has 0 radical (unpaired) electrons. The summed E-state index contributed by atoms with van der Waals surface area (Å²) >= 11 is 3.50. The molecular formula is C21H14BrNO2. The number of aromatic nitrogens is 1. The Morgan fingerprint density at radius 1 is 0.760 bits per heavy atom. The molecule has 0 spiro atoms. The predicted molar refractivity (Wildman–Crippen MR) is 103 cm³/mol. The second kappa shape index (κ2) is 5.97. The van der Waals surface area contributed by atoms with E-state index in [1.165, 1.54) is 0 Å². The largest absolute Gasteiger partial charge is 0.344 e. The smallest absolute Gasteiger partial charge is 0.233 e. The lowest BCUT2D eigenvalue weighted by Gasteiger charge is -2.02. The molecule has 0 N–H and O–H groups in total. The summed E-state index contributed by atoms with van der Waals surface area (Å²) in [7, 11) is 2.00. The van der Waals surface area contributed by atoms with Gasteiger partial charge in [-0.15, -0.1) is 0 Å². The van der Waals surface area contributed by atoms with Gasteiger partial charge in [0.25, 0.3) is 0 Å². The fraction of sp³-hybridized carbons (Fsp3) is 0.0476. The van der Waals surface area contributed by atoms with Gasteiger partial charge in [-0.1, -0.05) is 46.3 Å². The van der Waals surface area contributed by atoms with Gasteiger partial charge in [0.2, 0.25) is 11.6 Å². The molecule has 25 heavy (non-hydrogen) atoms. The first-order valence-corrected chi connectivity index (χ1v) is 8.67. The van der Waals surface area contributed by atoms with Crippen LogP contribution in [0.1, 0.15) is 20.7 Å². The average molecular weight is 392 g/mol. The van der Waals surface area contributed by atoms with E-state index in [2.05, 4.69) is 20.5 Å². The average Bonchev–Trinajstić information content (AvgIpc) is 2.92. The summed E-state index contributed by atoms with van der Waals surface area (Å²) in [6.07, 6.45) is 0. The molecule has 4 rings (SSSR count). The second-order valence-corrected chi connectivity index (χ2v) is 6.89. The Labute approximate surface area is 153 Å². The summed E-state index contributed by atoms with van der Waals surface area (Å²) in [5.41, 5.74) is 2.93. The lowest BCUT2D eigenvalue weighted by molar-refractivity contribution is 0.0817. The minimum atomic E-state index is -0.486. The number of rotatable bonds is 3. The molecule has 0 aliphatic heterocycles. The van der Waals surface area contributed by atoms with Crippen LogP contribution < -0.4 is 0 Å². The standard InChI is InChI=1S/C21H14BrNO2/c1-23-18-9-7-14(21(25)20(24)13-5-3-2-4-6-13)11-16(18)17-12-15(22)8-10-19(17)23/h2-12H,1H3. The van der Waals surface area contributed by atoms with E-state index in [4.69, 9.17) is 0 Å². The highest BCUT2D eigenvalue weighted by Crippen LogP contribution is 2.31. The first kappa shape index (κ1) is 15.8. The van der Waals surface area contributed by atoms with Crippen LogP contribution in [-0.2, 0) is 7.05 Å². The van der Waals surface area contributed by atoms with Gasteiger partial charge in [-0.3, -0.25) is 9.59 Å². The van der Waals surface area contributed by atoms with E-state index in [0.717, 1.165) is 26.3 Å². The maximum Gasteiger partial charge on any atom is 0.233 e. The van der Waals surface area contributed by atoms with Crippen LogP contribution in [0.4, 0.5) is 0 Å². The third-order valence-electron chi connectivity index (χ3n) is 4.47. The summed E-state index contributed by atoms with van der Waals surface area (Å²) in [5.74, 6) is -0.971. The molecule has 0 saturated carbocycles. The van der Waals surface area contributed by atoms with Gasteiger partial charge in [-0.05, 0) is 36.4 Å². The summed E-state index contributed by atoms with van der Waals surface area (Å²) < 4.78 is 3.06. The van der Waals surface area contributed by atoms with Crippen LogP contribution in [0.3, 0.4) is 0 Å². The number of benzene rings is 3. The molecule has 4 aromatic rings. The Morgan fingerprint density at radius 3 is 2.08 bits per heavy atom. The highest BCUT2D eigenvalue weighted by molar-refractivity contribution is 9.10. The highest BCUT2D eigenvalue weighted by atomic mass is 79.9. The number of carbonyl (C=O) groups excluding carboxylic acids is 2. The molecule has 1 heterocycles. The maximum atomic E-state index is 12.6. The van der Waals surface area contributed by atoms with Crippen LogP contribution in [0.15, 0.2) is 71.2 Å². The molecule has 0 atom stereocenters. The Kier molecular flexibility index (Phi) is 3.77. The van der Waals surface area contributed by atoms with Gasteiger partial charge in [0.1, 0.15) is 0 Å². The minimum Gasteiger partial charge on any atom is -0.344 e. The van der Waals surface area contributed by atoms with Crippen molar-refractivity contribution < 1.29 is 9.59 Å². The predicted octanol–water partition coefficient (Wildman–Crippen LogP) is 5.16. The number of Topliss-reactive ketones (excluding diaryl/α,β-unsaturated/α-hetero) is 2. The quantitative estimate of drug-likeness (QED) is 0.357. The van der Waals surface area contributed by atoms with Gasteiger partial charge < -0.3 is 4.57 Å². The van der Waals surface area contributed by atoms with Crippen molar-refractivity contribution in [2.45, 2.75) is 0 Å². The van der Waals surface area contributed by atoms with Crippen LogP contribution in [0.5, 0.6) is 0 Å². The van der Waals surface area contributed by atoms with Crippen molar-refractivity contribution in [3.8, 4) is 0 Å². The normalized spacial score (nSPS) is 11.1. The van der Waals surface area contributed by atoms with Gasteiger partial charge in [-0.25, -0.2) is 0 Å². The molecule has 122 valence electrons. The Hall–Kier alpha value is -2.72. The third kappa shape index (κ3) is 2.59. The first-order valence-electron chi connectivity index (χ1n) is 7.88. The summed E-state index contributed by atoms with van der Waals surface area (Å²) in [6.45, 7) is 0. The lowest BCUT2D eigenvalue weighted by atomic mass is 10.00. The van der Waals surface area contributed by atoms with Crippen LogP contribution in [0, 0.1) is 0 Å². The molecule has 0 unspecified atom stereocenters. The molecule has 0 fully saturated rings. The van der Waals surface area contributed by atoms with E-state index in [9.17, 15) is 9.59 Å². The second-order valence-electron chi connectivity index (χ2n) is 5.98. The van der Waals surface area contributed by atoms with Crippen LogP contribution in [-0.4, -0.2) is 16.1 Å². The molecule has 4 heteroatoms. The Morgan fingerprint density at radius 2 is 1.36 bits per heavy atom. The number of aryl methyl sites for hydroxylation is 1. The van der Waals surface area contributed by atoms with Gasteiger partial charge in [0, 0.05) is 44.5 Å². The van der Waals surface area contributed by atoms with Crippen molar-refractivity contribution in [2.75, 3.05) is 0 Å². The molecule has 3 aromatic carbocycles. The van der Waals surface area contributed by atoms with Crippen molar-refractivity contribution in [3.05, 3.63) is 82.3 Å². The fourth-order valence-electron chi connectivity index (χ4n) is 3.18. The summed E-state index contributed by atoms with van der Waals surface area (Å²) in [6, 6.07) is 20.1. The van der Waals surface area contributed by atoms with Gasteiger partial charge in [-0.2, -0.15) is 0 Å². The Balaban J connectivity index is 1.86. The molecule has 1 aromatic heterocycles. The number of hydrogen-bond donors (Lipinski definition) is 0. The van der Waals surface area contributed by atoms with Crippen molar-refractivity contribution in [3.63, 3.8) is 0 Å². The van der Waals surface area contributed by atoms with Crippen LogP contribution >= 0.6 is 15.9 Å². The zero-order valence-corrected chi connectivity index (χ0v) is 15.1. The van der Waals surface area contributed by atoms with E-state index in [-0.39, 0.29) is 0 Å².